The summed E-state index contributed by atoms with van der Waals surface area (Å²) in [6.07, 6.45) is -5.59. The number of rotatable bonds is 3. The lowest BCUT2D eigenvalue weighted by molar-refractivity contribution is -0.153. The van der Waals surface area contributed by atoms with Crippen molar-refractivity contribution in [2.75, 3.05) is 6.54 Å². The van der Waals surface area contributed by atoms with Crippen molar-refractivity contribution >= 4 is 0 Å². The molecule has 2 nitrogen and oxygen atoms in total. The molecule has 0 saturated carbocycles. The second-order valence-electron chi connectivity index (χ2n) is 3.00. The molecule has 0 radical (unpaired) electrons. The van der Waals surface area contributed by atoms with Gasteiger partial charge in [0.15, 0.2) is 0 Å². The van der Waals surface area contributed by atoms with E-state index in [2.05, 4.69) is 4.42 Å². The van der Waals surface area contributed by atoms with Crippen LogP contribution in [0.2, 0.25) is 0 Å². The van der Waals surface area contributed by atoms with E-state index in [1.807, 2.05) is 0 Å². The predicted octanol–water partition coefficient (Wildman–Crippen LogP) is 2.43. The molecule has 2 N–H and O–H groups in total. The first-order valence-electron chi connectivity index (χ1n) is 3.98. The van der Waals surface area contributed by atoms with E-state index in [1.54, 1.807) is 0 Å². The predicted molar refractivity (Wildman–Crippen MR) is 41.4 cm³/mol. The Hall–Kier alpha value is -1.11. The van der Waals surface area contributed by atoms with Gasteiger partial charge in [-0.15, -0.1) is 0 Å². The van der Waals surface area contributed by atoms with Gasteiger partial charge in [0.2, 0.25) is 5.76 Å². The summed E-state index contributed by atoms with van der Waals surface area (Å²) in [5.74, 6) is -4.97. The maximum absolute atomic E-state index is 12.7. The molecule has 0 bridgehead atoms. The summed E-state index contributed by atoms with van der Waals surface area (Å²) >= 11 is 0. The minimum absolute atomic E-state index is 0.433. The molecule has 1 aromatic rings. The molecular formula is C8H8F5NO. The van der Waals surface area contributed by atoms with Crippen molar-refractivity contribution in [3.8, 4) is 0 Å². The molecule has 0 spiro atoms. The minimum Gasteiger partial charge on any atom is -0.456 e. The fraction of sp³-hybridized carbons (Fsp3) is 0.500. The second kappa shape index (κ2) is 3.80. The first-order chi connectivity index (χ1) is 6.74. The summed E-state index contributed by atoms with van der Waals surface area (Å²) in [5.41, 5.74) is 4.73. The van der Waals surface area contributed by atoms with Gasteiger partial charge in [-0.05, 0) is 12.1 Å². The maximum Gasteiger partial charge on any atom is 0.449 e. The van der Waals surface area contributed by atoms with Crippen LogP contribution in [0.1, 0.15) is 11.5 Å². The minimum atomic E-state index is -4.66. The highest BCUT2D eigenvalue weighted by atomic mass is 19.4. The van der Waals surface area contributed by atoms with E-state index in [9.17, 15) is 22.0 Å². The molecule has 0 saturated heterocycles. The molecule has 86 valence electrons. The first-order valence-corrected chi connectivity index (χ1v) is 3.98. The fourth-order valence-electron chi connectivity index (χ4n) is 0.952. The Bertz CT molecular complexity index is 330. The molecule has 1 rings (SSSR count). The van der Waals surface area contributed by atoms with Gasteiger partial charge in [0, 0.05) is 0 Å². The molecule has 0 atom stereocenters. The normalized spacial score (nSPS) is 13.2. The molecule has 0 amide bonds. The highest BCUT2D eigenvalue weighted by molar-refractivity contribution is 5.11. The Labute approximate surface area is 81.9 Å². The van der Waals surface area contributed by atoms with Crippen LogP contribution in [-0.4, -0.2) is 12.5 Å². The van der Waals surface area contributed by atoms with Gasteiger partial charge in [-0.2, -0.15) is 13.2 Å². The summed E-state index contributed by atoms with van der Waals surface area (Å²) in [7, 11) is 0. The summed E-state index contributed by atoms with van der Waals surface area (Å²) in [6, 6.07) is 1.48. The monoisotopic (exact) mass is 229 g/mol. The molecule has 1 heterocycles. The van der Waals surface area contributed by atoms with E-state index < -0.39 is 36.6 Å². The summed E-state index contributed by atoms with van der Waals surface area (Å²) in [5, 5.41) is 0. The Morgan fingerprint density at radius 2 is 1.73 bits per heavy atom. The van der Waals surface area contributed by atoms with Crippen LogP contribution in [0.3, 0.4) is 0 Å². The van der Waals surface area contributed by atoms with Crippen molar-refractivity contribution in [3.63, 3.8) is 0 Å². The van der Waals surface area contributed by atoms with Gasteiger partial charge in [-0.1, -0.05) is 0 Å². The van der Waals surface area contributed by atoms with Crippen LogP contribution in [0.15, 0.2) is 16.5 Å². The van der Waals surface area contributed by atoms with Crippen LogP contribution in [0, 0.1) is 0 Å². The van der Waals surface area contributed by atoms with Crippen molar-refractivity contribution < 1.29 is 26.4 Å². The highest BCUT2D eigenvalue weighted by Crippen LogP contribution is 2.31. The van der Waals surface area contributed by atoms with E-state index in [-0.39, 0.29) is 0 Å². The fourth-order valence-corrected chi connectivity index (χ4v) is 0.952. The molecule has 0 fully saturated rings. The van der Waals surface area contributed by atoms with Crippen LogP contribution < -0.4 is 5.73 Å². The highest BCUT2D eigenvalue weighted by Gasteiger charge is 2.36. The van der Waals surface area contributed by atoms with E-state index in [4.69, 9.17) is 5.73 Å². The van der Waals surface area contributed by atoms with Gasteiger partial charge in [0.05, 0.1) is 13.0 Å². The molecule has 1 aromatic heterocycles. The Morgan fingerprint density at radius 3 is 2.13 bits per heavy atom. The third-order valence-electron chi connectivity index (χ3n) is 1.67. The average molecular weight is 229 g/mol. The first kappa shape index (κ1) is 12.0. The zero-order valence-electron chi connectivity index (χ0n) is 7.44. The zero-order valence-corrected chi connectivity index (χ0v) is 7.44. The Morgan fingerprint density at radius 1 is 1.13 bits per heavy atom. The number of alkyl halides is 5. The molecule has 7 heteroatoms. The summed E-state index contributed by atoms with van der Waals surface area (Å²) < 4.78 is 65.6. The van der Waals surface area contributed by atoms with Gasteiger partial charge in [0.1, 0.15) is 5.76 Å². The molecule has 0 aromatic carbocycles. The lowest BCUT2D eigenvalue weighted by atomic mass is 10.2. The summed E-state index contributed by atoms with van der Waals surface area (Å²) in [6.45, 7) is -0.935. The molecule has 0 aliphatic heterocycles. The van der Waals surface area contributed by atoms with Crippen molar-refractivity contribution in [2.45, 2.75) is 18.5 Å². The molecule has 15 heavy (non-hydrogen) atoms. The van der Waals surface area contributed by atoms with E-state index in [0.717, 1.165) is 6.07 Å². The molecule has 0 unspecified atom stereocenters. The average Bonchev–Trinajstić information content (AvgIpc) is 2.51. The van der Waals surface area contributed by atoms with Crippen LogP contribution in [0.25, 0.3) is 0 Å². The van der Waals surface area contributed by atoms with Crippen LogP contribution in [0.4, 0.5) is 22.0 Å². The van der Waals surface area contributed by atoms with E-state index >= 15 is 0 Å². The standard InChI is InChI=1S/C8H8F5NO/c9-7(10,4-14)3-5-1-2-6(15-5)8(11,12)13/h1-2H,3-4,14H2. The van der Waals surface area contributed by atoms with E-state index in [0.29, 0.717) is 6.07 Å². The second-order valence-corrected chi connectivity index (χ2v) is 3.00. The molecular weight excluding hydrogens is 221 g/mol. The largest absolute Gasteiger partial charge is 0.456 e. The SMILES string of the molecule is NCC(F)(F)Cc1ccc(C(F)(F)F)o1. The van der Waals surface area contributed by atoms with Crippen LogP contribution in [0.5, 0.6) is 0 Å². The van der Waals surface area contributed by atoms with Gasteiger partial charge in [0.25, 0.3) is 5.92 Å². The third-order valence-corrected chi connectivity index (χ3v) is 1.67. The van der Waals surface area contributed by atoms with Crippen molar-refractivity contribution in [1.29, 1.82) is 0 Å². The molecule has 0 aliphatic carbocycles. The summed E-state index contributed by atoms with van der Waals surface area (Å²) in [4.78, 5) is 0. The van der Waals surface area contributed by atoms with E-state index in [1.165, 1.54) is 0 Å². The van der Waals surface area contributed by atoms with Crippen LogP contribution in [-0.2, 0) is 12.6 Å². The number of hydrogen-bond acceptors (Lipinski definition) is 2. The number of furan rings is 1. The Balaban J connectivity index is 2.78. The van der Waals surface area contributed by atoms with Gasteiger partial charge in [-0.25, -0.2) is 8.78 Å². The number of halogens is 5. The Kier molecular flexibility index (Phi) is 3.03. The van der Waals surface area contributed by atoms with Gasteiger partial charge in [-0.3, -0.25) is 0 Å². The van der Waals surface area contributed by atoms with Crippen molar-refractivity contribution in [3.05, 3.63) is 23.7 Å². The van der Waals surface area contributed by atoms with Gasteiger partial charge >= 0.3 is 6.18 Å². The quantitative estimate of drug-likeness (QED) is 0.808. The van der Waals surface area contributed by atoms with Gasteiger partial charge < -0.3 is 10.2 Å². The lowest BCUT2D eigenvalue weighted by Gasteiger charge is -2.11. The molecule has 0 aliphatic rings. The number of hydrogen-bond donors (Lipinski definition) is 1. The van der Waals surface area contributed by atoms with Crippen molar-refractivity contribution in [1.82, 2.24) is 0 Å². The topological polar surface area (TPSA) is 39.2 Å². The maximum atomic E-state index is 12.7. The number of nitrogens with two attached hydrogens (primary N) is 1. The third kappa shape index (κ3) is 3.19. The lowest BCUT2D eigenvalue weighted by Crippen LogP contribution is -2.29. The smallest absolute Gasteiger partial charge is 0.449 e. The zero-order chi connectivity index (χ0) is 11.7. The van der Waals surface area contributed by atoms with Crippen molar-refractivity contribution in [2.24, 2.45) is 5.73 Å². The van der Waals surface area contributed by atoms with Crippen LogP contribution >= 0.6 is 0 Å².